The Morgan fingerprint density at radius 3 is 2.35 bits per heavy atom. The lowest BCUT2D eigenvalue weighted by Crippen LogP contribution is -2.42. The predicted octanol–water partition coefficient (Wildman–Crippen LogP) is 2.00. The minimum atomic E-state index is -3.48. The summed E-state index contributed by atoms with van der Waals surface area (Å²) in [5.74, 6) is -0.278. The summed E-state index contributed by atoms with van der Waals surface area (Å²) in [5.41, 5.74) is 0.672. The Morgan fingerprint density at radius 2 is 1.77 bits per heavy atom. The molecule has 0 aliphatic carbocycles. The number of hydrogen-bond donors (Lipinski definition) is 1. The third kappa shape index (κ3) is 6.37. The summed E-state index contributed by atoms with van der Waals surface area (Å²) in [6, 6.07) is 8.19. The molecule has 2 rings (SSSR count). The van der Waals surface area contributed by atoms with Crippen LogP contribution in [0.3, 0.4) is 0 Å². The second-order valence-corrected chi connectivity index (χ2v) is 9.03. The number of amides is 1. The van der Waals surface area contributed by atoms with Crippen LogP contribution in [0.5, 0.6) is 0 Å². The average molecular weight is 382 g/mol. The Morgan fingerprint density at radius 1 is 1.15 bits per heavy atom. The van der Waals surface area contributed by atoms with Crippen molar-refractivity contribution in [1.29, 1.82) is 0 Å². The molecule has 1 N–H and O–H groups in total. The zero-order chi connectivity index (χ0) is 19.0. The minimum Gasteiger partial charge on any atom is -0.354 e. The number of hydrogen-bond acceptors (Lipinski definition) is 4. The van der Waals surface area contributed by atoms with Crippen LogP contribution < -0.4 is 5.32 Å². The molecule has 1 fully saturated rings. The van der Waals surface area contributed by atoms with E-state index in [-0.39, 0.29) is 5.91 Å². The first-order chi connectivity index (χ1) is 12.4. The molecule has 6 nitrogen and oxygen atoms in total. The Bertz CT molecular complexity index is 656. The zero-order valence-corrected chi connectivity index (χ0v) is 16.7. The van der Waals surface area contributed by atoms with E-state index in [4.69, 9.17) is 0 Å². The predicted molar refractivity (Wildman–Crippen MR) is 104 cm³/mol. The van der Waals surface area contributed by atoms with Gasteiger partial charge in [-0.3, -0.25) is 4.79 Å². The second kappa shape index (κ2) is 10.0. The number of carbonyl (C=O) groups excluding carboxylic acids is 1. The highest BCUT2D eigenvalue weighted by Crippen LogP contribution is 2.21. The van der Waals surface area contributed by atoms with E-state index < -0.39 is 16.1 Å². The highest BCUT2D eigenvalue weighted by atomic mass is 32.2. The van der Waals surface area contributed by atoms with Crippen LogP contribution in [0.25, 0.3) is 0 Å². The molecule has 1 atom stereocenters. The largest absolute Gasteiger partial charge is 0.354 e. The van der Waals surface area contributed by atoms with E-state index in [0.717, 1.165) is 36.6 Å². The number of sulfonamides is 1. The molecule has 0 bridgehead atoms. The molecule has 1 unspecified atom stereocenters. The maximum Gasteiger partial charge on any atom is 0.242 e. The second-order valence-electron chi connectivity index (χ2n) is 6.99. The third-order valence-corrected chi connectivity index (χ3v) is 6.16. The van der Waals surface area contributed by atoms with Gasteiger partial charge in [0.1, 0.15) is 6.04 Å². The topological polar surface area (TPSA) is 69.7 Å². The van der Waals surface area contributed by atoms with Gasteiger partial charge in [-0.15, -0.1) is 0 Å². The number of rotatable bonds is 8. The van der Waals surface area contributed by atoms with Crippen molar-refractivity contribution >= 4 is 15.9 Å². The van der Waals surface area contributed by atoms with E-state index in [2.05, 4.69) is 10.2 Å². The molecule has 0 spiro atoms. The number of likely N-dealkylation sites (N-methyl/N-ethyl adjacent to an activating group) is 1. The summed E-state index contributed by atoms with van der Waals surface area (Å²) in [5, 5.41) is 2.92. The fourth-order valence-corrected chi connectivity index (χ4v) is 3.92. The van der Waals surface area contributed by atoms with Crippen molar-refractivity contribution in [2.45, 2.75) is 38.1 Å². The molecule has 1 amide bonds. The molecule has 1 heterocycles. The maximum absolute atomic E-state index is 12.7. The van der Waals surface area contributed by atoms with Crippen molar-refractivity contribution in [2.24, 2.45) is 0 Å². The van der Waals surface area contributed by atoms with Gasteiger partial charge in [-0.25, -0.2) is 8.42 Å². The van der Waals surface area contributed by atoms with Crippen molar-refractivity contribution < 1.29 is 13.2 Å². The molecule has 1 aliphatic heterocycles. The molecular weight excluding hydrogens is 350 g/mol. The van der Waals surface area contributed by atoms with Crippen molar-refractivity contribution in [3.05, 3.63) is 35.9 Å². The number of carbonyl (C=O) groups is 1. The van der Waals surface area contributed by atoms with Gasteiger partial charge in [0.25, 0.3) is 0 Å². The van der Waals surface area contributed by atoms with E-state index in [1.54, 1.807) is 12.1 Å². The van der Waals surface area contributed by atoms with Crippen LogP contribution in [-0.2, 0) is 14.8 Å². The Labute approximate surface area is 157 Å². The van der Waals surface area contributed by atoms with Gasteiger partial charge in [-0.05, 0) is 44.5 Å². The van der Waals surface area contributed by atoms with Crippen LogP contribution in [-0.4, -0.2) is 63.0 Å². The van der Waals surface area contributed by atoms with E-state index in [1.165, 1.54) is 32.7 Å². The summed E-state index contributed by atoms with van der Waals surface area (Å²) in [7, 11) is -2.03. The molecule has 0 saturated carbocycles. The molecule has 1 aromatic carbocycles. The van der Waals surface area contributed by atoms with Crippen LogP contribution in [0.4, 0.5) is 0 Å². The number of nitrogens with zero attached hydrogens (tertiary/aromatic N) is 2. The third-order valence-electron chi connectivity index (χ3n) is 4.90. The molecule has 0 radical (unpaired) electrons. The highest BCUT2D eigenvalue weighted by Gasteiger charge is 2.30. The Hall–Kier alpha value is -1.44. The van der Waals surface area contributed by atoms with E-state index in [1.807, 2.05) is 18.2 Å². The van der Waals surface area contributed by atoms with Gasteiger partial charge < -0.3 is 10.2 Å². The average Bonchev–Trinajstić information content (AvgIpc) is 2.88. The van der Waals surface area contributed by atoms with Gasteiger partial charge in [0, 0.05) is 13.6 Å². The van der Waals surface area contributed by atoms with Gasteiger partial charge in [-0.2, -0.15) is 4.31 Å². The van der Waals surface area contributed by atoms with Crippen molar-refractivity contribution in [1.82, 2.24) is 14.5 Å². The molecule has 1 saturated heterocycles. The number of benzene rings is 1. The molecule has 26 heavy (non-hydrogen) atoms. The van der Waals surface area contributed by atoms with E-state index in [9.17, 15) is 13.2 Å². The van der Waals surface area contributed by atoms with Crippen molar-refractivity contribution in [3.63, 3.8) is 0 Å². The first-order valence-corrected chi connectivity index (χ1v) is 11.2. The van der Waals surface area contributed by atoms with Crippen molar-refractivity contribution in [2.75, 3.05) is 39.5 Å². The summed E-state index contributed by atoms with van der Waals surface area (Å²) < 4.78 is 25.0. The zero-order valence-electron chi connectivity index (χ0n) is 15.9. The van der Waals surface area contributed by atoms with Gasteiger partial charge >= 0.3 is 0 Å². The molecule has 1 aliphatic rings. The molecule has 146 valence electrons. The van der Waals surface area contributed by atoms with Crippen LogP contribution in [0.15, 0.2) is 30.3 Å². The summed E-state index contributed by atoms with van der Waals surface area (Å²) >= 11 is 0. The minimum absolute atomic E-state index is 0.278. The van der Waals surface area contributed by atoms with Gasteiger partial charge in [0.05, 0.1) is 6.26 Å². The molecule has 7 heteroatoms. The number of likely N-dealkylation sites (tertiary alicyclic amines) is 1. The summed E-state index contributed by atoms with van der Waals surface area (Å²) in [4.78, 5) is 15.2. The summed E-state index contributed by atoms with van der Waals surface area (Å²) in [6.45, 7) is 3.79. The molecule has 0 aromatic heterocycles. The van der Waals surface area contributed by atoms with Gasteiger partial charge in [-0.1, -0.05) is 43.2 Å². The first kappa shape index (κ1) is 20.9. The lowest BCUT2D eigenvalue weighted by atomic mass is 10.1. The SMILES string of the molecule is CN(C(C(=O)NCCCN1CCCCCC1)c1ccccc1)S(C)(=O)=O. The monoisotopic (exact) mass is 381 g/mol. The Kier molecular flexibility index (Phi) is 8.06. The molecule has 1 aromatic rings. The van der Waals surface area contributed by atoms with E-state index >= 15 is 0 Å². The van der Waals surface area contributed by atoms with E-state index in [0.29, 0.717) is 12.1 Å². The van der Waals surface area contributed by atoms with Gasteiger partial charge in [0.2, 0.25) is 15.9 Å². The van der Waals surface area contributed by atoms with Crippen LogP contribution in [0, 0.1) is 0 Å². The fourth-order valence-electron chi connectivity index (χ4n) is 3.32. The lowest BCUT2D eigenvalue weighted by molar-refractivity contribution is -0.124. The fraction of sp³-hybridized carbons (Fsp3) is 0.632. The molecular formula is C19H31N3O3S. The smallest absolute Gasteiger partial charge is 0.242 e. The first-order valence-electron chi connectivity index (χ1n) is 9.37. The lowest BCUT2D eigenvalue weighted by Gasteiger charge is -2.26. The van der Waals surface area contributed by atoms with Crippen LogP contribution >= 0.6 is 0 Å². The quantitative estimate of drug-likeness (QED) is 0.699. The normalized spacial score (nSPS) is 17.7. The van der Waals surface area contributed by atoms with Crippen molar-refractivity contribution in [3.8, 4) is 0 Å². The number of nitrogens with one attached hydrogen (secondary N) is 1. The highest BCUT2D eigenvalue weighted by molar-refractivity contribution is 7.88. The standard InChI is InChI=1S/C19H31N3O3S/c1-21(26(2,24)25)18(17-11-6-5-7-12-17)19(23)20-13-10-16-22-14-8-3-4-9-15-22/h5-7,11-12,18H,3-4,8-10,13-16H2,1-2H3,(H,20,23). The summed E-state index contributed by atoms with van der Waals surface area (Å²) in [6.07, 6.45) is 7.11. The maximum atomic E-state index is 12.7. The van der Waals surface area contributed by atoms with Gasteiger partial charge in [0.15, 0.2) is 0 Å². The van der Waals surface area contributed by atoms with Crippen LogP contribution in [0.2, 0.25) is 0 Å². The Balaban J connectivity index is 1.92. The van der Waals surface area contributed by atoms with Crippen LogP contribution in [0.1, 0.15) is 43.7 Å².